The number of nitrogens with zero attached hydrogens (tertiary/aromatic N) is 3. The Labute approximate surface area is 152 Å². The van der Waals surface area contributed by atoms with Crippen molar-refractivity contribution in [3.05, 3.63) is 42.5 Å². The number of carbonyl (C=O) groups is 1. The molecular weight excluding hydrogens is 356 g/mol. The van der Waals surface area contributed by atoms with Gasteiger partial charge < -0.3 is 10.1 Å². The number of carbonyl (C=O) groups excluding carboxylic acids is 1. The van der Waals surface area contributed by atoms with E-state index in [1.165, 1.54) is 42.1 Å². The maximum atomic E-state index is 13.0. The zero-order valence-corrected chi connectivity index (χ0v) is 15.2. The molecule has 8 nitrogen and oxygen atoms in total. The number of hydrogen-bond acceptors (Lipinski definition) is 6. The lowest BCUT2D eigenvalue weighted by atomic mass is 10.2. The molecule has 1 aromatic heterocycles. The Bertz CT molecular complexity index is 881. The first-order chi connectivity index (χ1) is 12.5. The molecule has 0 atom stereocenters. The van der Waals surface area contributed by atoms with Crippen LogP contribution in [0.2, 0.25) is 0 Å². The minimum absolute atomic E-state index is 0.0406. The first-order valence-electron chi connectivity index (χ1n) is 8.28. The summed E-state index contributed by atoms with van der Waals surface area (Å²) >= 11 is 0. The van der Waals surface area contributed by atoms with Crippen molar-refractivity contribution < 1.29 is 17.9 Å². The van der Waals surface area contributed by atoms with Crippen molar-refractivity contribution in [3.8, 4) is 5.75 Å². The molecule has 0 unspecified atom stereocenters. The number of amides is 1. The number of methoxy groups -OCH3 is 1. The van der Waals surface area contributed by atoms with Gasteiger partial charge in [-0.05, 0) is 31.0 Å². The van der Waals surface area contributed by atoms with E-state index >= 15 is 0 Å². The van der Waals surface area contributed by atoms with Gasteiger partial charge in [0.1, 0.15) is 16.3 Å². The van der Waals surface area contributed by atoms with E-state index in [4.69, 9.17) is 4.74 Å². The number of benzene rings is 1. The first kappa shape index (κ1) is 18.3. The van der Waals surface area contributed by atoms with Crippen LogP contribution in [0.3, 0.4) is 0 Å². The van der Waals surface area contributed by atoms with Crippen LogP contribution in [-0.2, 0) is 10.0 Å². The summed E-state index contributed by atoms with van der Waals surface area (Å²) in [5, 5.41) is 2.64. The van der Waals surface area contributed by atoms with E-state index in [2.05, 4.69) is 15.3 Å². The highest BCUT2D eigenvalue weighted by atomic mass is 32.2. The Balaban J connectivity index is 1.90. The van der Waals surface area contributed by atoms with Crippen molar-refractivity contribution in [1.29, 1.82) is 0 Å². The van der Waals surface area contributed by atoms with E-state index in [0.29, 0.717) is 18.8 Å². The van der Waals surface area contributed by atoms with Crippen molar-refractivity contribution in [2.24, 2.45) is 0 Å². The fourth-order valence-electron chi connectivity index (χ4n) is 2.81. The number of rotatable bonds is 5. The first-order valence-corrected chi connectivity index (χ1v) is 9.72. The second-order valence-electron chi connectivity index (χ2n) is 5.88. The number of hydrogen-bond donors (Lipinski definition) is 1. The average molecular weight is 376 g/mol. The Kier molecular flexibility index (Phi) is 5.48. The van der Waals surface area contributed by atoms with Crippen molar-refractivity contribution in [2.45, 2.75) is 24.2 Å². The molecule has 0 radical (unpaired) electrons. The van der Waals surface area contributed by atoms with Gasteiger partial charge in [-0.25, -0.2) is 13.4 Å². The molecule has 9 heteroatoms. The molecular formula is C17H20N4O4S. The molecule has 1 aliphatic rings. The molecule has 26 heavy (non-hydrogen) atoms. The summed E-state index contributed by atoms with van der Waals surface area (Å²) in [6.45, 7) is 0.976. The largest absolute Gasteiger partial charge is 0.495 e. The standard InChI is InChI=1S/C17H20N4O4S/c1-25-15-6-5-13(20-17(22)14-12-18-7-8-19-14)11-16(15)26(23,24)21-9-3-2-4-10-21/h5-8,11-12H,2-4,9-10H2,1H3,(H,20,22). The summed E-state index contributed by atoms with van der Waals surface area (Å²) in [4.78, 5) is 20.0. The van der Waals surface area contributed by atoms with Crippen LogP contribution in [-0.4, -0.2) is 48.8 Å². The van der Waals surface area contributed by atoms with E-state index in [1.807, 2.05) is 0 Å². The van der Waals surface area contributed by atoms with Gasteiger partial charge in [-0.1, -0.05) is 6.42 Å². The SMILES string of the molecule is COc1ccc(NC(=O)c2cnccn2)cc1S(=O)(=O)N1CCCCC1. The quantitative estimate of drug-likeness (QED) is 0.855. The molecule has 3 rings (SSSR count). The molecule has 1 saturated heterocycles. The highest BCUT2D eigenvalue weighted by Gasteiger charge is 2.29. The fraction of sp³-hybridized carbons (Fsp3) is 0.353. The van der Waals surface area contributed by atoms with Gasteiger partial charge >= 0.3 is 0 Å². The van der Waals surface area contributed by atoms with Gasteiger partial charge in [0.2, 0.25) is 10.0 Å². The third-order valence-electron chi connectivity index (χ3n) is 4.15. The normalized spacial score (nSPS) is 15.4. The van der Waals surface area contributed by atoms with Crippen molar-refractivity contribution >= 4 is 21.6 Å². The highest BCUT2D eigenvalue weighted by Crippen LogP contribution is 2.31. The highest BCUT2D eigenvalue weighted by molar-refractivity contribution is 7.89. The topological polar surface area (TPSA) is 101 Å². The number of nitrogens with one attached hydrogen (secondary N) is 1. The van der Waals surface area contributed by atoms with Gasteiger partial charge in [-0.15, -0.1) is 0 Å². The van der Waals surface area contributed by atoms with Crippen LogP contribution in [0.25, 0.3) is 0 Å². The third kappa shape index (κ3) is 3.83. The lowest BCUT2D eigenvalue weighted by Crippen LogP contribution is -2.35. The smallest absolute Gasteiger partial charge is 0.275 e. The van der Waals surface area contributed by atoms with E-state index in [1.54, 1.807) is 6.07 Å². The van der Waals surface area contributed by atoms with Gasteiger partial charge in [0, 0.05) is 31.2 Å². The summed E-state index contributed by atoms with van der Waals surface area (Å²) in [7, 11) is -2.28. The van der Waals surface area contributed by atoms with Gasteiger partial charge in [0.05, 0.1) is 13.3 Å². The minimum Gasteiger partial charge on any atom is -0.495 e. The molecule has 2 heterocycles. The van der Waals surface area contributed by atoms with Crippen LogP contribution in [0, 0.1) is 0 Å². The summed E-state index contributed by atoms with van der Waals surface area (Å²) in [6, 6.07) is 4.53. The van der Waals surface area contributed by atoms with Gasteiger partial charge in [-0.3, -0.25) is 9.78 Å². The zero-order valence-electron chi connectivity index (χ0n) is 14.4. The molecule has 0 bridgehead atoms. The Morgan fingerprint density at radius 1 is 1.19 bits per heavy atom. The minimum atomic E-state index is -3.70. The second-order valence-corrected chi connectivity index (χ2v) is 7.78. The van der Waals surface area contributed by atoms with Gasteiger partial charge in [-0.2, -0.15) is 4.31 Å². The maximum absolute atomic E-state index is 13.0. The maximum Gasteiger partial charge on any atom is 0.275 e. The van der Waals surface area contributed by atoms with E-state index < -0.39 is 15.9 Å². The Hall–Kier alpha value is -2.52. The fourth-order valence-corrected chi connectivity index (χ4v) is 4.51. The van der Waals surface area contributed by atoms with Gasteiger partial charge in [0.25, 0.3) is 5.91 Å². The third-order valence-corrected chi connectivity index (χ3v) is 6.07. The molecule has 0 aliphatic carbocycles. The molecule has 2 aromatic rings. The number of anilines is 1. The van der Waals surface area contributed by atoms with Crippen molar-refractivity contribution in [1.82, 2.24) is 14.3 Å². The van der Waals surface area contributed by atoms with Crippen LogP contribution >= 0.6 is 0 Å². The van der Waals surface area contributed by atoms with Crippen LogP contribution in [0.5, 0.6) is 5.75 Å². The van der Waals surface area contributed by atoms with E-state index in [0.717, 1.165) is 19.3 Å². The zero-order chi connectivity index (χ0) is 18.6. The Morgan fingerprint density at radius 3 is 2.62 bits per heavy atom. The predicted molar refractivity (Wildman–Crippen MR) is 95.6 cm³/mol. The predicted octanol–water partition coefficient (Wildman–Crippen LogP) is 1.91. The number of piperidine rings is 1. The summed E-state index contributed by atoms with van der Waals surface area (Å²) in [6.07, 6.45) is 6.92. The molecule has 138 valence electrons. The lowest BCUT2D eigenvalue weighted by molar-refractivity contribution is 0.102. The van der Waals surface area contributed by atoms with Gasteiger partial charge in [0.15, 0.2) is 0 Å². The van der Waals surface area contributed by atoms with E-state index in [9.17, 15) is 13.2 Å². The van der Waals surface area contributed by atoms with E-state index in [-0.39, 0.29) is 16.3 Å². The summed E-state index contributed by atoms with van der Waals surface area (Å²) in [5.74, 6) is -0.224. The molecule has 1 aromatic carbocycles. The van der Waals surface area contributed by atoms with Crippen molar-refractivity contribution in [2.75, 3.05) is 25.5 Å². The monoisotopic (exact) mass is 376 g/mol. The molecule has 1 aliphatic heterocycles. The van der Waals surface area contributed by atoms with Crippen LogP contribution in [0.4, 0.5) is 5.69 Å². The molecule has 1 amide bonds. The van der Waals surface area contributed by atoms with Crippen molar-refractivity contribution in [3.63, 3.8) is 0 Å². The average Bonchev–Trinajstić information content (AvgIpc) is 2.69. The Morgan fingerprint density at radius 2 is 1.96 bits per heavy atom. The summed E-state index contributed by atoms with van der Waals surface area (Å²) < 4.78 is 32.7. The number of sulfonamides is 1. The lowest BCUT2D eigenvalue weighted by Gasteiger charge is -2.26. The molecule has 0 spiro atoms. The molecule has 1 N–H and O–H groups in total. The van der Waals surface area contributed by atoms with Crippen LogP contribution < -0.4 is 10.1 Å². The summed E-state index contributed by atoms with van der Waals surface area (Å²) in [5.41, 5.74) is 0.487. The molecule has 0 saturated carbocycles. The second kappa shape index (κ2) is 7.79. The molecule has 1 fully saturated rings. The number of ether oxygens (including phenoxy) is 1. The van der Waals surface area contributed by atoms with Crippen LogP contribution in [0.15, 0.2) is 41.7 Å². The van der Waals surface area contributed by atoms with Crippen LogP contribution in [0.1, 0.15) is 29.8 Å². The number of aromatic nitrogens is 2.